The van der Waals surface area contributed by atoms with Gasteiger partial charge in [0.1, 0.15) is 0 Å². The highest BCUT2D eigenvalue weighted by molar-refractivity contribution is 6.31. The minimum absolute atomic E-state index is 0. The molecule has 1 aliphatic carbocycles. The van der Waals surface area contributed by atoms with Crippen molar-refractivity contribution in [2.75, 3.05) is 7.05 Å². The van der Waals surface area contributed by atoms with Crippen LogP contribution in [0.15, 0.2) is 24.3 Å². The first kappa shape index (κ1) is 15.3. The summed E-state index contributed by atoms with van der Waals surface area (Å²) in [6.07, 6.45) is 2.62. The van der Waals surface area contributed by atoms with E-state index in [0.717, 1.165) is 24.8 Å². The Labute approximate surface area is 119 Å². The maximum atomic E-state index is 12.1. The van der Waals surface area contributed by atoms with E-state index in [0.29, 0.717) is 11.6 Å². The summed E-state index contributed by atoms with van der Waals surface area (Å²) in [7, 11) is 1.78. The lowest BCUT2D eigenvalue weighted by atomic mass is 9.76. The highest BCUT2D eigenvalue weighted by Crippen LogP contribution is 2.31. The molecule has 1 aliphatic rings. The van der Waals surface area contributed by atoms with E-state index in [4.69, 9.17) is 17.3 Å². The normalized spacial score (nSPS) is 16.4. The number of halogens is 2. The van der Waals surface area contributed by atoms with Gasteiger partial charge in [0.2, 0.25) is 5.91 Å². The van der Waals surface area contributed by atoms with Gasteiger partial charge >= 0.3 is 0 Å². The van der Waals surface area contributed by atoms with Crippen LogP contribution < -0.4 is 5.73 Å². The minimum atomic E-state index is -0.629. The number of hydrogen-bond acceptors (Lipinski definition) is 2. The van der Waals surface area contributed by atoms with E-state index in [1.54, 1.807) is 11.9 Å². The zero-order valence-electron chi connectivity index (χ0n) is 10.4. The monoisotopic (exact) mass is 288 g/mol. The maximum Gasteiger partial charge on any atom is 0.242 e. The third kappa shape index (κ3) is 2.97. The molecule has 0 atom stereocenters. The third-order valence-electron chi connectivity index (χ3n) is 3.38. The van der Waals surface area contributed by atoms with Crippen LogP contribution in [0.3, 0.4) is 0 Å². The van der Waals surface area contributed by atoms with Crippen LogP contribution >= 0.6 is 24.0 Å². The summed E-state index contributed by atoms with van der Waals surface area (Å²) in [4.78, 5) is 13.8. The summed E-state index contributed by atoms with van der Waals surface area (Å²) < 4.78 is 0. The van der Waals surface area contributed by atoms with Crippen molar-refractivity contribution in [2.45, 2.75) is 31.3 Å². The molecule has 0 heterocycles. The summed E-state index contributed by atoms with van der Waals surface area (Å²) in [5.41, 5.74) is 6.34. The molecule has 0 spiro atoms. The maximum absolute atomic E-state index is 12.1. The summed E-state index contributed by atoms with van der Waals surface area (Å²) in [6.45, 7) is 0.511. The number of carbonyl (C=O) groups excluding carboxylic acids is 1. The van der Waals surface area contributed by atoms with Gasteiger partial charge < -0.3 is 10.6 Å². The molecule has 0 radical (unpaired) electrons. The van der Waals surface area contributed by atoms with Gasteiger partial charge in [-0.2, -0.15) is 0 Å². The van der Waals surface area contributed by atoms with E-state index in [-0.39, 0.29) is 18.3 Å². The average molecular weight is 289 g/mol. The molecule has 0 saturated heterocycles. The lowest BCUT2D eigenvalue weighted by molar-refractivity contribution is -0.139. The standard InChI is InChI=1S/C13H17ClN2O.ClH/c1-16(12(17)13(15)7-4-8-13)9-10-5-2-3-6-11(10)14;/h2-3,5-6H,4,7-9,15H2,1H3;1H. The Morgan fingerprint density at radius 2 is 2.06 bits per heavy atom. The van der Waals surface area contributed by atoms with Crippen LogP contribution in [0.5, 0.6) is 0 Å². The minimum Gasteiger partial charge on any atom is -0.340 e. The van der Waals surface area contributed by atoms with Gasteiger partial charge in [-0.15, -0.1) is 12.4 Å². The Hall–Kier alpha value is -0.770. The molecule has 100 valence electrons. The second-order valence-corrected chi connectivity index (χ2v) is 5.17. The van der Waals surface area contributed by atoms with E-state index in [1.165, 1.54) is 0 Å². The number of likely N-dealkylation sites (N-methyl/N-ethyl adjacent to an activating group) is 1. The number of hydrogen-bond donors (Lipinski definition) is 1. The second kappa shape index (κ2) is 5.91. The van der Waals surface area contributed by atoms with Gasteiger partial charge in [0.05, 0.1) is 5.54 Å². The van der Waals surface area contributed by atoms with E-state index >= 15 is 0 Å². The molecule has 1 aromatic rings. The van der Waals surface area contributed by atoms with Gasteiger partial charge in [-0.25, -0.2) is 0 Å². The molecule has 2 rings (SSSR count). The van der Waals surface area contributed by atoms with Crippen molar-refractivity contribution >= 4 is 29.9 Å². The molecular weight excluding hydrogens is 271 g/mol. The largest absolute Gasteiger partial charge is 0.340 e. The highest BCUT2D eigenvalue weighted by Gasteiger charge is 2.41. The predicted octanol–water partition coefficient (Wildman–Crippen LogP) is 2.60. The number of benzene rings is 1. The van der Waals surface area contributed by atoms with E-state index in [2.05, 4.69) is 0 Å². The van der Waals surface area contributed by atoms with Crippen molar-refractivity contribution < 1.29 is 4.79 Å². The lowest BCUT2D eigenvalue weighted by Crippen LogP contribution is -2.58. The van der Waals surface area contributed by atoms with Gasteiger partial charge in [0.25, 0.3) is 0 Å². The van der Waals surface area contributed by atoms with Gasteiger partial charge in [0, 0.05) is 18.6 Å². The van der Waals surface area contributed by atoms with Gasteiger partial charge in [-0.1, -0.05) is 29.8 Å². The molecule has 1 aromatic carbocycles. The molecule has 5 heteroatoms. The van der Waals surface area contributed by atoms with Crippen LogP contribution in [0.2, 0.25) is 5.02 Å². The lowest BCUT2D eigenvalue weighted by Gasteiger charge is -2.39. The molecule has 0 unspecified atom stereocenters. The smallest absolute Gasteiger partial charge is 0.242 e. The number of nitrogens with two attached hydrogens (primary N) is 1. The van der Waals surface area contributed by atoms with Gasteiger partial charge in [-0.05, 0) is 30.9 Å². The van der Waals surface area contributed by atoms with Crippen molar-refractivity contribution in [3.05, 3.63) is 34.9 Å². The molecule has 1 fully saturated rings. The quantitative estimate of drug-likeness (QED) is 0.929. The number of nitrogens with zero attached hydrogens (tertiary/aromatic N) is 1. The van der Waals surface area contributed by atoms with Crippen molar-refractivity contribution in [1.82, 2.24) is 4.90 Å². The third-order valence-corrected chi connectivity index (χ3v) is 3.75. The Kier molecular flexibility index (Phi) is 5.02. The number of carbonyl (C=O) groups is 1. The predicted molar refractivity (Wildman–Crippen MR) is 75.9 cm³/mol. The summed E-state index contributed by atoms with van der Waals surface area (Å²) in [5.74, 6) is 0.0173. The Bertz CT molecular complexity index is 433. The van der Waals surface area contributed by atoms with Crippen LogP contribution in [-0.4, -0.2) is 23.4 Å². The van der Waals surface area contributed by atoms with Crippen molar-refractivity contribution in [1.29, 1.82) is 0 Å². The van der Waals surface area contributed by atoms with Crippen molar-refractivity contribution in [2.24, 2.45) is 5.73 Å². The highest BCUT2D eigenvalue weighted by atomic mass is 35.5. The van der Waals surface area contributed by atoms with Crippen LogP contribution in [0, 0.1) is 0 Å². The molecule has 0 aliphatic heterocycles. The molecule has 2 N–H and O–H groups in total. The molecule has 1 amide bonds. The van der Waals surface area contributed by atoms with Crippen LogP contribution in [0.1, 0.15) is 24.8 Å². The zero-order valence-corrected chi connectivity index (χ0v) is 11.9. The van der Waals surface area contributed by atoms with Gasteiger partial charge in [-0.3, -0.25) is 4.79 Å². The first-order valence-electron chi connectivity index (χ1n) is 5.81. The molecule has 3 nitrogen and oxygen atoms in total. The Morgan fingerprint density at radius 3 is 2.56 bits per heavy atom. The summed E-state index contributed by atoms with van der Waals surface area (Å²) in [6, 6.07) is 7.55. The molecule has 0 bridgehead atoms. The molecule has 18 heavy (non-hydrogen) atoms. The molecule has 1 saturated carbocycles. The van der Waals surface area contributed by atoms with E-state index in [1.807, 2.05) is 24.3 Å². The summed E-state index contributed by atoms with van der Waals surface area (Å²) >= 11 is 6.07. The fraction of sp³-hybridized carbons (Fsp3) is 0.462. The molecular formula is C13H18Cl2N2O. The van der Waals surface area contributed by atoms with E-state index < -0.39 is 5.54 Å². The van der Waals surface area contributed by atoms with Crippen LogP contribution in [0.4, 0.5) is 0 Å². The topological polar surface area (TPSA) is 46.3 Å². The van der Waals surface area contributed by atoms with Gasteiger partial charge in [0.15, 0.2) is 0 Å². The second-order valence-electron chi connectivity index (χ2n) is 4.76. The number of rotatable bonds is 3. The first-order valence-corrected chi connectivity index (χ1v) is 6.18. The first-order chi connectivity index (χ1) is 8.03. The SMILES string of the molecule is CN(Cc1ccccc1Cl)C(=O)C1(N)CCC1.Cl. The Morgan fingerprint density at radius 1 is 1.44 bits per heavy atom. The van der Waals surface area contributed by atoms with Crippen LogP contribution in [0.25, 0.3) is 0 Å². The van der Waals surface area contributed by atoms with Crippen molar-refractivity contribution in [3.8, 4) is 0 Å². The fourth-order valence-corrected chi connectivity index (χ4v) is 2.30. The Balaban J connectivity index is 0.00000162. The summed E-state index contributed by atoms with van der Waals surface area (Å²) in [5, 5.41) is 0.687. The fourth-order valence-electron chi connectivity index (χ4n) is 2.11. The molecule has 0 aromatic heterocycles. The zero-order chi connectivity index (χ0) is 12.5. The average Bonchev–Trinajstić information content (AvgIpc) is 2.28. The number of amides is 1. The van der Waals surface area contributed by atoms with Crippen molar-refractivity contribution in [3.63, 3.8) is 0 Å². The van der Waals surface area contributed by atoms with Crippen LogP contribution in [-0.2, 0) is 11.3 Å². The van der Waals surface area contributed by atoms with E-state index in [9.17, 15) is 4.79 Å².